The fourth-order valence-electron chi connectivity index (χ4n) is 2.37. The van der Waals surface area contributed by atoms with Crippen LogP contribution in [0, 0.1) is 0 Å². The lowest BCUT2D eigenvalue weighted by atomic mass is 9.87. The molecule has 1 aliphatic carbocycles. The summed E-state index contributed by atoms with van der Waals surface area (Å²) in [5, 5.41) is 9.46. The van der Waals surface area contributed by atoms with Crippen LogP contribution < -0.4 is 5.73 Å². The van der Waals surface area contributed by atoms with Gasteiger partial charge < -0.3 is 15.7 Å². The van der Waals surface area contributed by atoms with Crippen molar-refractivity contribution in [3.05, 3.63) is 35.9 Å². The largest absolute Gasteiger partial charge is 0.480 e. The molecule has 1 aromatic carbocycles. The number of carboxylic acid groups (broad SMARTS) is 1. The van der Waals surface area contributed by atoms with E-state index in [1.807, 2.05) is 25.2 Å². The molecule has 0 aromatic heterocycles. The number of likely N-dealkylation sites (N-methyl/N-ethyl adjacent to an activating group) is 1. The molecule has 1 aliphatic rings. The van der Waals surface area contributed by atoms with Crippen molar-refractivity contribution in [3.63, 3.8) is 0 Å². The number of hydrogen-bond donors (Lipinski definition) is 2. The van der Waals surface area contributed by atoms with Gasteiger partial charge in [-0.1, -0.05) is 36.8 Å². The Kier molecular flexibility index (Phi) is 3.68. The van der Waals surface area contributed by atoms with E-state index >= 15 is 0 Å². The summed E-state index contributed by atoms with van der Waals surface area (Å²) in [7, 11) is 1.96. The maximum atomic E-state index is 11.5. The van der Waals surface area contributed by atoms with Crippen LogP contribution in [-0.2, 0) is 10.3 Å². The molecule has 3 N–H and O–H groups in total. The maximum absolute atomic E-state index is 11.5. The van der Waals surface area contributed by atoms with Crippen molar-refractivity contribution in [2.75, 3.05) is 13.6 Å². The second kappa shape index (κ2) is 5.08. The second-order valence-corrected chi connectivity index (χ2v) is 5.14. The van der Waals surface area contributed by atoms with Crippen molar-refractivity contribution >= 4 is 5.97 Å². The number of nitrogens with two attached hydrogens (primary N) is 1. The third-order valence-corrected chi connectivity index (χ3v) is 3.87. The first-order chi connectivity index (χ1) is 8.54. The maximum Gasteiger partial charge on any atom is 0.329 e. The van der Waals surface area contributed by atoms with Gasteiger partial charge in [0, 0.05) is 12.6 Å². The second-order valence-electron chi connectivity index (χ2n) is 5.14. The lowest BCUT2D eigenvalue weighted by Crippen LogP contribution is -2.55. The molecule has 1 fully saturated rings. The number of carboxylic acids is 1. The Hall–Kier alpha value is -1.39. The molecule has 0 saturated heterocycles. The molecule has 4 nitrogen and oxygen atoms in total. The van der Waals surface area contributed by atoms with E-state index in [1.54, 1.807) is 12.1 Å². The minimum absolute atomic E-state index is 0.344. The summed E-state index contributed by atoms with van der Waals surface area (Å²) >= 11 is 0. The number of hydrogen-bond acceptors (Lipinski definition) is 3. The monoisotopic (exact) mass is 248 g/mol. The first kappa shape index (κ1) is 13.1. The summed E-state index contributed by atoms with van der Waals surface area (Å²) in [6, 6.07) is 9.55. The average Bonchev–Trinajstić information content (AvgIpc) is 2.27. The van der Waals surface area contributed by atoms with Gasteiger partial charge >= 0.3 is 5.97 Å². The molecule has 1 aromatic rings. The van der Waals surface area contributed by atoms with Gasteiger partial charge in [-0.25, -0.2) is 4.79 Å². The summed E-state index contributed by atoms with van der Waals surface area (Å²) in [6.45, 7) is 0.344. The van der Waals surface area contributed by atoms with Crippen molar-refractivity contribution in [2.24, 2.45) is 5.73 Å². The zero-order chi connectivity index (χ0) is 13.2. The van der Waals surface area contributed by atoms with Crippen molar-refractivity contribution in [1.82, 2.24) is 4.90 Å². The number of rotatable bonds is 5. The fraction of sp³-hybridized carbons (Fsp3) is 0.500. The number of benzene rings is 1. The van der Waals surface area contributed by atoms with Gasteiger partial charge in [0.15, 0.2) is 5.54 Å². The van der Waals surface area contributed by atoms with Gasteiger partial charge in [-0.15, -0.1) is 0 Å². The first-order valence-corrected chi connectivity index (χ1v) is 6.32. The molecule has 2 rings (SSSR count). The third-order valence-electron chi connectivity index (χ3n) is 3.87. The van der Waals surface area contributed by atoms with Crippen LogP contribution in [0.4, 0.5) is 0 Å². The molecule has 1 unspecified atom stereocenters. The topological polar surface area (TPSA) is 66.6 Å². The number of aliphatic carboxylic acids is 1. The highest BCUT2D eigenvalue weighted by Gasteiger charge is 2.39. The molecule has 18 heavy (non-hydrogen) atoms. The zero-order valence-electron chi connectivity index (χ0n) is 10.7. The Labute approximate surface area is 107 Å². The Balaban J connectivity index is 2.18. The van der Waals surface area contributed by atoms with Crippen molar-refractivity contribution in [2.45, 2.75) is 30.8 Å². The van der Waals surface area contributed by atoms with E-state index in [0.717, 1.165) is 12.8 Å². The molecule has 0 amide bonds. The highest BCUT2D eigenvalue weighted by molar-refractivity contribution is 5.80. The van der Waals surface area contributed by atoms with E-state index in [1.165, 1.54) is 6.42 Å². The van der Waals surface area contributed by atoms with Crippen LogP contribution in [0.25, 0.3) is 0 Å². The predicted octanol–water partition coefficient (Wildman–Crippen LogP) is 1.41. The smallest absolute Gasteiger partial charge is 0.329 e. The van der Waals surface area contributed by atoms with E-state index in [-0.39, 0.29) is 0 Å². The minimum Gasteiger partial charge on any atom is -0.480 e. The molecule has 0 bridgehead atoms. The summed E-state index contributed by atoms with van der Waals surface area (Å²) in [4.78, 5) is 13.6. The molecule has 0 aliphatic heterocycles. The van der Waals surface area contributed by atoms with Crippen LogP contribution in [0.1, 0.15) is 24.8 Å². The van der Waals surface area contributed by atoms with Crippen LogP contribution in [0.2, 0.25) is 0 Å². The van der Waals surface area contributed by atoms with Crippen LogP contribution in [0.5, 0.6) is 0 Å². The van der Waals surface area contributed by atoms with Gasteiger partial charge in [-0.3, -0.25) is 0 Å². The van der Waals surface area contributed by atoms with E-state index in [0.29, 0.717) is 18.2 Å². The Morgan fingerprint density at radius 1 is 1.44 bits per heavy atom. The lowest BCUT2D eigenvalue weighted by molar-refractivity contribution is -0.144. The quantitative estimate of drug-likeness (QED) is 0.827. The molecular weight excluding hydrogens is 228 g/mol. The van der Waals surface area contributed by atoms with Gasteiger partial charge in [-0.2, -0.15) is 0 Å². The molecule has 0 heterocycles. The lowest BCUT2D eigenvalue weighted by Gasteiger charge is -2.39. The average molecular weight is 248 g/mol. The summed E-state index contributed by atoms with van der Waals surface area (Å²) in [6.07, 6.45) is 3.51. The van der Waals surface area contributed by atoms with Crippen molar-refractivity contribution < 1.29 is 9.90 Å². The Morgan fingerprint density at radius 3 is 2.50 bits per heavy atom. The van der Waals surface area contributed by atoms with Gasteiger partial charge in [0.2, 0.25) is 0 Å². The fourth-order valence-corrected chi connectivity index (χ4v) is 2.37. The van der Waals surface area contributed by atoms with E-state index in [9.17, 15) is 9.90 Å². The van der Waals surface area contributed by atoms with Gasteiger partial charge in [0.05, 0.1) is 0 Å². The number of carbonyl (C=O) groups is 1. The Bertz CT molecular complexity index is 417. The summed E-state index contributed by atoms with van der Waals surface area (Å²) in [5.74, 6) is -0.972. The van der Waals surface area contributed by atoms with Gasteiger partial charge in [-0.05, 0) is 25.5 Å². The minimum atomic E-state index is -1.33. The van der Waals surface area contributed by atoms with E-state index < -0.39 is 11.5 Å². The summed E-state index contributed by atoms with van der Waals surface area (Å²) < 4.78 is 0. The first-order valence-electron chi connectivity index (χ1n) is 6.32. The van der Waals surface area contributed by atoms with Gasteiger partial charge in [0.1, 0.15) is 0 Å². The molecule has 0 spiro atoms. The number of nitrogens with zero attached hydrogens (tertiary/aromatic N) is 1. The standard InChI is InChI=1S/C14H20N2O2/c1-16(12-8-5-9-12)10-14(15,13(17)18)11-6-3-2-4-7-11/h2-4,6-7,12H,5,8-10,15H2,1H3,(H,17,18). The van der Waals surface area contributed by atoms with Crippen molar-refractivity contribution in [1.29, 1.82) is 0 Å². The van der Waals surface area contributed by atoms with Crippen LogP contribution in [-0.4, -0.2) is 35.6 Å². The third kappa shape index (κ3) is 2.40. The normalized spacial score (nSPS) is 19.3. The van der Waals surface area contributed by atoms with E-state index in [4.69, 9.17) is 5.73 Å². The highest BCUT2D eigenvalue weighted by Crippen LogP contribution is 2.27. The summed E-state index contributed by atoms with van der Waals surface area (Å²) in [5.41, 5.74) is 5.47. The Morgan fingerprint density at radius 2 is 2.06 bits per heavy atom. The molecule has 4 heteroatoms. The molecule has 1 atom stereocenters. The van der Waals surface area contributed by atoms with E-state index in [2.05, 4.69) is 4.90 Å². The predicted molar refractivity (Wildman–Crippen MR) is 70.2 cm³/mol. The molecule has 0 radical (unpaired) electrons. The van der Waals surface area contributed by atoms with Gasteiger partial charge in [0.25, 0.3) is 0 Å². The van der Waals surface area contributed by atoms with Crippen molar-refractivity contribution in [3.8, 4) is 0 Å². The molecular formula is C14H20N2O2. The molecule has 1 saturated carbocycles. The SMILES string of the molecule is CN(CC(N)(C(=O)O)c1ccccc1)C1CCC1. The van der Waals surface area contributed by atoms with Crippen LogP contribution in [0.15, 0.2) is 30.3 Å². The zero-order valence-corrected chi connectivity index (χ0v) is 10.7. The molecule has 98 valence electrons. The van der Waals surface area contributed by atoms with Crippen LogP contribution in [0.3, 0.4) is 0 Å². The van der Waals surface area contributed by atoms with Crippen LogP contribution >= 0.6 is 0 Å². The highest BCUT2D eigenvalue weighted by atomic mass is 16.4.